The zero-order valence-corrected chi connectivity index (χ0v) is 21.7. The molecule has 2 amide bonds. The lowest BCUT2D eigenvalue weighted by Crippen LogP contribution is -2.36. The number of amides is 2. The first kappa shape index (κ1) is 24.5. The van der Waals surface area contributed by atoms with Crippen molar-refractivity contribution in [3.63, 3.8) is 0 Å². The number of fused-ring (bicyclic) bond motifs is 5. The van der Waals surface area contributed by atoms with Crippen molar-refractivity contribution < 1.29 is 19.1 Å². The first-order chi connectivity index (χ1) is 17.5. The van der Waals surface area contributed by atoms with Gasteiger partial charge in [0.15, 0.2) is 5.65 Å². The lowest BCUT2D eigenvalue weighted by atomic mass is 10.1. The number of nitrogens with zero attached hydrogens (tertiary/aromatic N) is 6. The van der Waals surface area contributed by atoms with E-state index in [9.17, 15) is 9.59 Å². The van der Waals surface area contributed by atoms with E-state index in [1.807, 2.05) is 32.3 Å². The third-order valence-electron chi connectivity index (χ3n) is 5.77. The quantitative estimate of drug-likeness (QED) is 0.402. The standard InChI is InChI=1S/C25H30N8O4/c1-14-12-36-13-15-7-16-11-31(5)30-21(16)18(8-15)28-19-9-20(32(6)24(35)37-25(2,3)4)33-22(29-19)17(10-26-33)23(34)27-14/h7-11,14H,12-13H2,1-6H3,(H,27,34)(H,28,29)/t14-/m1/s1. The summed E-state index contributed by atoms with van der Waals surface area (Å²) >= 11 is 0. The lowest BCUT2D eigenvalue weighted by molar-refractivity contribution is 0.0587. The second kappa shape index (κ2) is 9.04. The fourth-order valence-electron chi connectivity index (χ4n) is 4.16. The van der Waals surface area contributed by atoms with Crippen molar-refractivity contribution in [1.82, 2.24) is 29.7 Å². The SMILES string of the molecule is C[C@@H]1COCc2cc(c3nn(C)cc3c2)Nc2cc(N(C)C(=O)OC(C)(C)C)n3ncc(c3n2)C(=O)N1. The maximum Gasteiger partial charge on any atom is 0.415 e. The summed E-state index contributed by atoms with van der Waals surface area (Å²) in [6.07, 6.45) is 2.80. The van der Waals surface area contributed by atoms with Gasteiger partial charge in [-0.25, -0.2) is 9.78 Å². The minimum absolute atomic E-state index is 0.253. The molecule has 1 atom stereocenters. The van der Waals surface area contributed by atoms with Crippen molar-refractivity contribution in [2.24, 2.45) is 7.05 Å². The monoisotopic (exact) mass is 506 g/mol. The fourth-order valence-corrected chi connectivity index (χ4v) is 4.16. The third kappa shape index (κ3) is 4.92. The highest BCUT2D eigenvalue weighted by atomic mass is 16.6. The molecule has 1 aliphatic heterocycles. The van der Waals surface area contributed by atoms with Gasteiger partial charge < -0.3 is 20.1 Å². The number of anilines is 3. The molecule has 4 bridgehead atoms. The van der Waals surface area contributed by atoms with E-state index in [1.165, 1.54) is 15.6 Å². The number of ether oxygens (including phenoxy) is 2. The van der Waals surface area contributed by atoms with Crippen molar-refractivity contribution in [1.29, 1.82) is 0 Å². The van der Waals surface area contributed by atoms with Gasteiger partial charge in [0, 0.05) is 37.8 Å². The van der Waals surface area contributed by atoms with Crippen molar-refractivity contribution in [3.05, 3.63) is 41.7 Å². The second-order valence-corrected chi connectivity index (χ2v) is 10.2. The molecule has 0 radical (unpaired) electrons. The van der Waals surface area contributed by atoms with Crippen LogP contribution < -0.4 is 15.5 Å². The Morgan fingerprint density at radius 1 is 1.27 bits per heavy atom. The fraction of sp³-hybridized carbons (Fsp3) is 0.400. The highest BCUT2D eigenvalue weighted by Crippen LogP contribution is 2.30. The normalized spacial score (nSPS) is 16.4. The van der Waals surface area contributed by atoms with Gasteiger partial charge in [-0.05, 0) is 45.4 Å². The molecular weight excluding hydrogens is 476 g/mol. The molecule has 0 aliphatic carbocycles. The number of rotatable bonds is 1. The molecule has 5 rings (SSSR count). The number of aromatic nitrogens is 5. The van der Waals surface area contributed by atoms with Crippen molar-refractivity contribution in [3.8, 4) is 0 Å². The molecule has 0 unspecified atom stereocenters. The Hall–Kier alpha value is -4.19. The van der Waals surface area contributed by atoms with E-state index in [-0.39, 0.29) is 23.2 Å². The molecule has 4 heterocycles. The predicted octanol–water partition coefficient (Wildman–Crippen LogP) is 3.38. The van der Waals surface area contributed by atoms with E-state index in [1.54, 1.807) is 38.6 Å². The summed E-state index contributed by atoms with van der Waals surface area (Å²) in [5.74, 6) is 0.435. The van der Waals surface area contributed by atoms with Crippen molar-refractivity contribution in [2.75, 3.05) is 23.9 Å². The van der Waals surface area contributed by atoms with Crippen LogP contribution in [0.1, 0.15) is 43.6 Å². The first-order valence-electron chi connectivity index (χ1n) is 12.0. The maximum atomic E-state index is 13.1. The zero-order valence-electron chi connectivity index (χ0n) is 21.7. The summed E-state index contributed by atoms with van der Waals surface area (Å²) in [6.45, 7) is 7.94. The largest absolute Gasteiger partial charge is 0.443 e. The summed E-state index contributed by atoms with van der Waals surface area (Å²) in [4.78, 5) is 32.1. The van der Waals surface area contributed by atoms with E-state index in [0.717, 1.165) is 22.2 Å². The van der Waals surface area contributed by atoms with Gasteiger partial charge in [-0.3, -0.25) is 14.4 Å². The summed E-state index contributed by atoms with van der Waals surface area (Å²) < 4.78 is 14.6. The zero-order chi connectivity index (χ0) is 26.5. The molecule has 0 spiro atoms. The van der Waals surface area contributed by atoms with Crippen LogP contribution in [0.2, 0.25) is 0 Å². The Morgan fingerprint density at radius 3 is 2.81 bits per heavy atom. The van der Waals surface area contributed by atoms with Crippen LogP contribution in [0.3, 0.4) is 0 Å². The highest BCUT2D eigenvalue weighted by molar-refractivity contribution is 6.01. The highest BCUT2D eigenvalue weighted by Gasteiger charge is 2.26. The number of hydrogen-bond acceptors (Lipinski definition) is 8. The molecule has 1 aliphatic rings. The number of carbonyl (C=O) groups excluding carboxylic acids is 2. The van der Waals surface area contributed by atoms with Crippen LogP contribution in [0.25, 0.3) is 16.6 Å². The summed E-state index contributed by atoms with van der Waals surface area (Å²) in [6, 6.07) is 5.41. The van der Waals surface area contributed by atoms with Crippen LogP contribution in [0.4, 0.5) is 22.1 Å². The molecule has 12 heteroatoms. The van der Waals surface area contributed by atoms with E-state index in [4.69, 9.17) is 14.5 Å². The summed E-state index contributed by atoms with van der Waals surface area (Å²) in [5, 5.41) is 16.2. The van der Waals surface area contributed by atoms with E-state index in [2.05, 4.69) is 20.8 Å². The van der Waals surface area contributed by atoms with Crippen LogP contribution in [0.5, 0.6) is 0 Å². The van der Waals surface area contributed by atoms with Gasteiger partial charge in [0.25, 0.3) is 5.91 Å². The van der Waals surface area contributed by atoms with Crippen LogP contribution in [0, 0.1) is 0 Å². The van der Waals surface area contributed by atoms with Gasteiger partial charge in [0.2, 0.25) is 0 Å². The Labute approximate surface area is 213 Å². The van der Waals surface area contributed by atoms with E-state index < -0.39 is 11.7 Å². The molecule has 0 saturated carbocycles. The van der Waals surface area contributed by atoms with Gasteiger partial charge >= 0.3 is 6.09 Å². The molecule has 0 fully saturated rings. The molecule has 0 saturated heterocycles. The molecule has 12 nitrogen and oxygen atoms in total. The lowest BCUT2D eigenvalue weighted by Gasteiger charge is -2.25. The average molecular weight is 507 g/mol. The molecule has 1 aromatic carbocycles. The topological polar surface area (TPSA) is 128 Å². The van der Waals surface area contributed by atoms with Gasteiger partial charge in [-0.2, -0.15) is 14.7 Å². The van der Waals surface area contributed by atoms with Crippen LogP contribution in [-0.4, -0.2) is 61.7 Å². The van der Waals surface area contributed by atoms with Crippen LogP contribution >= 0.6 is 0 Å². The predicted molar refractivity (Wildman–Crippen MR) is 138 cm³/mol. The molecule has 37 heavy (non-hydrogen) atoms. The van der Waals surface area contributed by atoms with Gasteiger partial charge in [0.05, 0.1) is 25.1 Å². The number of nitrogens with one attached hydrogen (secondary N) is 2. The first-order valence-corrected chi connectivity index (χ1v) is 12.0. The Morgan fingerprint density at radius 2 is 2.05 bits per heavy atom. The summed E-state index contributed by atoms with van der Waals surface area (Å²) in [5.41, 5.74) is 2.27. The van der Waals surface area contributed by atoms with Gasteiger partial charge in [0.1, 0.15) is 28.3 Å². The summed E-state index contributed by atoms with van der Waals surface area (Å²) in [7, 11) is 3.45. The second-order valence-electron chi connectivity index (χ2n) is 10.2. The Balaban J connectivity index is 1.69. The molecule has 2 N–H and O–H groups in total. The molecule has 4 aromatic rings. The van der Waals surface area contributed by atoms with Crippen LogP contribution in [-0.2, 0) is 23.1 Å². The number of carbonyl (C=O) groups is 2. The third-order valence-corrected chi connectivity index (χ3v) is 5.77. The molecular formula is C25H30N8O4. The maximum absolute atomic E-state index is 13.1. The molecule has 3 aromatic heterocycles. The Kier molecular flexibility index (Phi) is 5.98. The average Bonchev–Trinajstić information content (AvgIpc) is 3.39. The number of benzene rings is 1. The minimum Gasteiger partial charge on any atom is -0.443 e. The molecule has 194 valence electrons. The van der Waals surface area contributed by atoms with Crippen molar-refractivity contribution in [2.45, 2.75) is 45.9 Å². The van der Waals surface area contributed by atoms with Crippen LogP contribution in [0.15, 0.2) is 30.6 Å². The van der Waals surface area contributed by atoms with Gasteiger partial charge in [-0.15, -0.1) is 0 Å². The number of aryl methyl sites for hydroxylation is 1. The minimum atomic E-state index is -0.690. The van der Waals surface area contributed by atoms with Crippen molar-refractivity contribution >= 4 is 45.9 Å². The number of hydrogen-bond donors (Lipinski definition) is 2. The van der Waals surface area contributed by atoms with E-state index >= 15 is 0 Å². The smallest absolute Gasteiger partial charge is 0.415 e. The van der Waals surface area contributed by atoms with Gasteiger partial charge in [-0.1, -0.05) is 0 Å². The Bertz CT molecular complexity index is 1520. The van der Waals surface area contributed by atoms with E-state index in [0.29, 0.717) is 24.8 Å².